The van der Waals surface area contributed by atoms with Gasteiger partial charge < -0.3 is 10.1 Å². The fourth-order valence-electron chi connectivity index (χ4n) is 3.18. The molecule has 0 aliphatic heterocycles. The molecule has 0 fully saturated rings. The molecule has 0 aliphatic rings. The molecule has 1 atom stereocenters. The van der Waals surface area contributed by atoms with Gasteiger partial charge in [-0.1, -0.05) is 36.4 Å². The number of nitrogens with one attached hydrogen (secondary N) is 2. The highest BCUT2D eigenvalue weighted by molar-refractivity contribution is 7.92. The second-order valence-corrected chi connectivity index (χ2v) is 10.2. The maximum Gasteiger partial charge on any atom is 0.364 e. The Morgan fingerprint density at radius 2 is 1.83 bits per heavy atom. The van der Waals surface area contributed by atoms with E-state index in [4.69, 9.17) is 16.3 Å². The van der Waals surface area contributed by atoms with Crippen LogP contribution in [0.25, 0.3) is 0 Å². The SMILES string of the molecule is CC(C(=O)NCc1ccc(C(F)(F)Cl)nc1OCc1ccccc1)c1ccc(NS(C)(=O)=O)c(F)c1. The molecule has 0 aliphatic carbocycles. The van der Waals surface area contributed by atoms with Gasteiger partial charge in [0.1, 0.15) is 18.1 Å². The summed E-state index contributed by atoms with van der Waals surface area (Å²) < 4.78 is 71.9. The average Bonchev–Trinajstić information content (AvgIpc) is 2.81. The molecule has 0 radical (unpaired) electrons. The van der Waals surface area contributed by atoms with Gasteiger partial charge in [0.15, 0.2) is 0 Å². The summed E-state index contributed by atoms with van der Waals surface area (Å²) >= 11 is 5.11. The third-order valence-electron chi connectivity index (χ3n) is 5.08. The smallest absolute Gasteiger partial charge is 0.364 e. The van der Waals surface area contributed by atoms with Gasteiger partial charge in [-0.15, -0.1) is 0 Å². The van der Waals surface area contributed by atoms with Gasteiger partial charge in [-0.25, -0.2) is 17.8 Å². The molecule has 3 rings (SSSR count). The van der Waals surface area contributed by atoms with Crippen molar-refractivity contribution >= 4 is 33.2 Å². The van der Waals surface area contributed by atoms with Crippen molar-refractivity contribution in [2.45, 2.75) is 31.4 Å². The standard InChI is InChI=1S/C24H23ClF3N3O4S/c1-15(17-8-10-20(19(26)12-17)31-36(2,33)34)22(32)29-13-18-9-11-21(24(25,27)28)30-23(18)35-14-16-6-4-3-5-7-16/h3-12,15,31H,13-14H2,1-2H3,(H,29,32). The summed E-state index contributed by atoms with van der Waals surface area (Å²) in [5.74, 6) is -2.25. The molecule has 0 spiro atoms. The van der Waals surface area contributed by atoms with Gasteiger partial charge in [0, 0.05) is 12.1 Å². The van der Waals surface area contributed by atoms with E-state index in [2.05, 4.69) is 10.3 Å². The van der Waals surface area contributed by atoms with Crippen LogP contribution in [0.3, 0.4) is 0 Å². The van der Waals surface area contributed by atoms with E-state index < -0.39 is 38.7 Å². The van der Waals surface area contributed by atoms with Crippen molar-refractivity contribution in [2.75, 3.05) is 11.0 Å². The molecule has 1 heterocycles. The molecule has 1 unspecified atom stereocenters. The number of nitrogens with zero attached hydrogens (tertiary/aromatic N) is 1. The number of aromatic nitrogens is 1. The monoisotopic (exact) mass is 541 g/mol. The fourth-order valence-corrected chi connectivity index (χ4v) is 3.85. The number of sulfonamides is 1. The second-order valence-electron chi connectivity index (χ2n) is 7.99. The van der Waals surface area contributed by atoms with Gasteiger partial charge in [0.05, 0.1) is 17.9 Å². The average molecular weight is 542 g/mol. The Morgan fingerprint density at radius 3 is 2.44 bits per heavy atom. The fraction of sp³-hybridized carbons (Fsp3) is 0.250. The molecule has 12 heteroatoms. The largest absolute Gasteiger partial charge is 0.473 e. The number of alkyl halides is 3. The van der Waals surface area contributed by atoms with Crippen molar-refractivity contribution < 1.29 is 31.1 Å². The lowest BCUT2D eigenvalue weighted by Gasteiger charge is -2.17. The van der Waals surface area contributed by atoms with E-state index in [9.17, 15) is 26.4 Å². The predicted octanol–water partition coefficient (Wildman–Crippen LogP) is 4.88. The number of hydrogen-bond acceptors (Lipinski definition) is 5. The van der Waals surface area contributed by atoms with Gasteiger partial charge in [-0.2, -0.15) is 8.78 Å². The molecule has 7 nitrogen and oxygen atoms in total. The molecule has 0 saturated carbocycles. The van der Waals surface area contributed by atoms with E-state index in [0.717, 1.165) is 24.0 Å². The number of carbonyl (C=O) groups excluding carboxylic acids is 1. The van der Waals surface area contributed by atoms with E-state index in [1.54, 1.807) is 24.3 Å². The minimum absolute atomic E-state index is 0.0512. The molecule has 192 valence electrons. The first-order valence-electron chi connectivity index (χ1n) is 10.6. The molecular formula is C24H23ClF3N3O4S. The molecule has 1 aromatic heterocycles. The molecule has 3 aromatic rings. The van der Waals surface area contributed by atoms with Crippen LogP contribution in [0, 0.1) is 5.82 Å². The highest BCUT2D eigenvalue weighted by Gasteiger charge is 2.31. The lowest BCUT2D eigenvalue weighted by Crippen LogP contribution is -2.28. The van der Waals surface area contributed by atoms with Crippen molar-refractivity contribution in [1.29, 1.82) is 0 Å². The number of carbonyl (C=O) groups is 1. The third-order valence-corrected chi connectivity index (χ3v) is 5.87. The van der Waals surface area contributed by atoms with Crippen LogP contribution in [0.15, 0.2) is 60.7 Å². The first-order valence-corrected chi connectivity index (χ1v) is 12.9. The topological polar surface area (TPSA) is 97.4 Å². The van der Waals surface area contributed by atoms with E-state index >= 15 is 0 Å². The molecular weight excluding hydrogens is 519 g/mol. The van der Waals surface area contributed by atoms with Gasteiger partial charge in [0.2, 0.25) is 21.8 Å². The van der Waals surface area contributed by atoms with Crippen molar-refractivity contribution in [3.05, 3.63) is 88.9 Å². The van der Waals surface area contributed by atoms with E-state index in [1.165, 1.54) is 25.1 Å². The van der Waals surface area contributed by atoms with E-state index in [-0.39, 0.29) is 24.7 Å². The molecule has 0 bridgehead atoms. The number of halogens is 4. The normalized spacial score (nSPS) is 12.6. The number of pyridine rings is 1. The van der Waals surface area contributed by atoms with Crippen LogP contribution < -0.4 is 14.8 Å². The molecule has 36 heavy (non-hydrogen) atoms. The van der Waals surface area contributed by atoms with E-state index in [1.807, 2.05) is 10.8 Å². The highest BCUT2D eigenvalue weighted by atomic mass is 35.5. The molecule has 0 saturated heterocycles. The number of rotatable bonds is 10. The minimum atomic E-state index is -3.71. The van der Waals surface area contributed by atoms with Crippen LogP contribution in [0.4, 0.5) is 18.9 Å². The minimum Gasteiger partial charge on any atom is -0.473 e. The zero-order valence-electron chi connectivity index (χ0n) is 19.3. The summed E-state index contributed by atoms with van der Waals surface area (Å²) in [5.41, 5.74) is 0.474. The Bertz CT molecular complexity index is 1340. The third kappa shape index (κ3) is 7.59. The zero-order valence-corrected chi connectivity index (χ0v) is 20.8. The summed E-state index contributed by atoms with van der Waals surface area (Å²) in [6.45, 7) is 1.48. The Labute approximate surface area is 211 Å². The Morgan fingerprint density at radius 1 is 1.14 bits per heavy atom. The van der Waals surface area contributed by atoms with Crippen molar-refractivity contribution in [3.63, 3.8) is 0 Å². The summed E-state index contributed by atoms with van der Waals surface area (Å²) in [7, 11) is -3.67. The summed E-state index contributed by atoms with van der Waals surface area (Å²) in [4.78, 5) is 16.5. The Kier molecular flexibility index (Phi) is 8.47. The maximum atomic E-state index is 14.3. The Hall–Kier alpha value is -3.31. The summed E-state index contributed by atoms with van der Waals surface area (Å²) in [6.07, 6.45) is 0.893. The van der Waals surface area contributed by atoms with Gasteiger partial charge in [-0.3, -0.25) is 9.52 Å². The number of amides is 1. The number of benzene rings is 2. The van der Waals surface area contributed by atoms with Crippen LogP contribution in [0.5, 0.6) is 5.88 Å². The Balaban J connectivity index is 1.73. The number of hydrogen-bond donors (Lipinski definition) is 2. The van der Waals surface area contributed by atoms with E-state index in [0.29, 0.717) is 11.1 Å². The quantitative estimate of drug-likeness (QED) is 0.357. The van der Waals surface area contributed by atoms with Crippen molar-refractivity contribution in [3.8, 4) is 5.88 Å². The van der Waals surface area contributed by atoms with Crippen LogP contribution in [0.2, 0.25) is 0 Å². The van der Waals surface area contributed by atoms with Crippen LogP contribution in [-0.4, -0.2) is 25.6 Å². The van der Waals surface area contributed by atoms with Crippen LogP contribution in [-0.2, 0) is 33.4 Å². The highest BCUT2D eigenvalue weighted by Crippen LogP contribution is 2.33. The van der Waals surface area contributed by atoms with Gasteiger partial charge >= 0.3 is 5.38 Å². The zero-order chi connectivity index (χ0) is 26.5. The molecule has 1 amide bonds. The number of anilines is 1. The first kappa shape index (κ1) is 27.3. The van der Waals surface area contributed by atoms with Crippen molar-refractivity contribution in [2.24, 2.45) is 0 Å². The predicted molar refractivity (Wildman–Crippen MR) is 130 cm³/mol. The molecule has 2 N–H and O–H groups in total. The van der Waals surface area contributed by atoms with Crippen LogP contribution in [0.1, 0.15) is 35.2 Å². The second kappa shape index (κ2) is 11.2. The summed E-state index contributed by atoms with van der Waals surface area (Å²) in [6, 6.07) is 15.1. The summed E-state index contributed by atoms with van der Waals surface area (Å²) in [5, 5.41) is -1.05. The van der Waals surface area contributed by atoms with Crippen molar-refractivity contribution in [1.82, 2.24) is 10.3 Å². The lowest BCUT2D eigenvalue weighted by molar-refractivity contribution is -0.122. The van der Waals surface area contributed by atoms with Gasteiger partial charge in [0.25, 0.3) is 0 Å². The maximum absolute atomic E-state index is 14.3. The van der Waals surface area contributed by atoms with Gasteiger partial charge in [-0.05, 0) is 53.9 Å². The first-order chi connectivity index (χ1) is 16.8. The number of ether oxygens (including phenoxy) is 1. The molecule has 2 aromatic carbocycles. The lowest BCUT2D eigenvalue weighted by atomic mass is 9.99. The van der Waals surface area contributed by atoms with Crippen LogP contribution >= 0.6 is 11.6 Å².